The van der Waals surface area contributed by atoms with Gasteiger partial charge in [0, 0.05) is 36.2 Å². The van der Waals surface area contributed by atoms with Crippen LogP contribution in [0.25, 0.3) is 28.6 Å². The third-order valence-corrected chi connectivity index (χ3v) is 4.38. The van der Waals surface area contributed by atoms with E-state index in [1.54, 1.807) is 31.0 Å². The molecule has 1 N–H and O–H groups in total. The molecule has 5 aromatic rings. The summed E-state index contributed by atoms with van der Waals surface area (Å²) in [4.78, 5) is 21.9. The standard InChI is InChI=1S/C18H16N10/c1-11-7-12(2)28-18(23-11)13(8-22-28)17-21-5-6-27(17)10-15-24-16(26-25-15)14-9-19-3-4-20-14/h3-9H,10H2,1-2H3,(H,24,25,26). The van der Waals surface area contributed by atoms with Gasteiger partial charge in [-0.1, -0.05) is 0 Å². The average molecular weight is 372 g/mol. The summed E-state index contributed by atoms with van der Waals surface area (Å²) in [6.07, 6.45) is 10.3. The van der Waals surface area contributed by atoms with Crippen molar-refractivity contribution in [2.24, 2.45) is 0 Å². The Hall–Kier alpha value is -3.95. The lowest BCUT2D eigenvalue weighted by Gasteiger charge is -2.05. The second-order valence-corrected chi connectivity index (χ2v) is 6.41. The molecule has 0 saturated carbocycles. The fourth-order valence-electron chi connectivity index (χ4n) is 3.17. The first-order valence-corrected chi connectivity index (χ1v) is 8.70. The Morgan fingerprint density at radius 3 is 2.82 bits per heavy atom. The molecule has 5 aromatic heterocycles. The van der Waals surface area contributed by atoms with Gasteiger partial charge >= 0.3 is 0 Å². The second-order valence-electron chi connectivity index (χ2n) is 6.41. The van der Waals surface area contributed by atoms with Crippen molar-refractivity contribution in [1.29, 1.82) is 0 Å². The molecule has 0 saturated heterocycles. The van der Waals surface area contributed by atoms with Crippen LogP contribution in [-0.4, -0.2) is 49.3 Å². The van der Waals surface area contributed by atoms with E-state index in [9.17, 15) is 0 Å². The number of hydrogen-bond donors (Lipinski definition) is 1. The van der Waals surface area contributed by atoms with Crippen LogP contribution in [0, 0.1) is 13.8 Å². The Labute approximate surface area is 159 Å². The van der Waals surface area contributed by atoms with E-state index in [4.69, 9.17) is 0 Å². The summed E-state index contributed by atoms with van der Waals surface area (Å²) in [5.74, 6) is 1.97. The number of aromatic amines is 1. The Morgan fingerprint density at radius 2 is 1.96 bits per heavy atom. The van der Waals surface area contributed by atoms with Crippen LogP contribution in [0.3, 0.4) is 0 Å². The van der Waals surface area contributed by atoms with Crippen molar-refractivity contribution in [2.75, 3.05) is 0 Å². The van der Waals surface area contributed by atoms with Crippen LogP contribution in [0.15, 0.2) is 43.2 Å². The molecule has 0 bridgehead atoms. The summed E-state index contributed by atoms with van der Waals surface area (Å²) in [6.45, 7) is 4.46. The van der Waals surface area contributed by atoms with Crippen molar-refractivity contribution >= 4 is 5.65 Å². The highest BCUT2D eigenvalue weighted by molar-refractivity contribution is 5.72. The molecule has 10 nitrogen and oxygen atoms in total. The zero-order valence-corrected chi connectivity index (χ0v) is 15.3. The lowest BCUT2D eigenvalue weighted by molar-refractivity contribution is 0.755. The normalized spacial score (nSPS) is 11.4. The van der Waals surface area contributed by atoms with Crippen LogP contribution in [0.5, 0.6) is 0 Å². The van der Waals surface area contributed by atoms with Gasteiger partial charge < -0.3 is 4.57 Å². The summed E-state index contributed by atoms with van der Waals surface area (Å²) >= 11 is 0. The fourth-order valence-corrected chi connectivity index (χ4v) is 3.17. The van der Waals surface area contributed by atoms with Crippen LogP contribution >= 0.6 is 0 Å². The van der Waals surface area contributed by atoms with Crippen LogP contribution in [-0.2, 0) is 6.54 Å². The number of aryl methyl sites for hydroxylation is 2. The number of hydrogen-bond acceptors (Lipinski definition) is 7. The zero-order chi connectivity index (χ0) is 19.1. The SMILES string of the molecule is Cc1cc(C)n2ncc(-c3nccn3Cc3nc(-c4cnccn4)n[nH]3)c2n1. The number of nitrogens with one attached hydrogen (secondary N) is 1. The van der Waals surface area contributed by atoms with Gasteiger partial charge in [-0.05, 0) is 19.9 Å². The third-order valence-electron chi connectivity index (χ3n) is 4.38. The molecule has 28 heavy (non-hydrogen) atoms. The van der Waals surface area contributed by atoms with Gasteiger partial charge in [0.25, 0.3) is 0 Å². The molecule has 138 valence electrons. The van der Waals surface area contributed by atoms with E-state index in [1.807, 2.05) is 35.2 Å². The second kappa shape index (κ2) is 6.34. The van der Waals surface area contributed by atoms with Crippen molar-refractivity contribution in [3.8, 4) is 22.9 Å². The molecule has 0 aliphatic carbocycles. The van der Waals surface area contributed by atoms with E-state index >= 15 is 0 Å². The molecular weight excluding hydrogens is 356 g/mol. The Bertz CT molecular complexity index is 1260. The van der Waals surface area contributed by atoms with E-state index < -0.39 is 0 Å². The summed E-state index contributed by atoms with van der Waals surface area (Å²) < 4.78 is 3.80. The maximum absolute atomic E-state index is 4.64. The zero-order valence-electron chi connectivity index (χ0n) is 15.3. The first-order chi connectivity index (χ1) is 13.7. The van der Waals surface area contributed by atoms with Gasteiger partial charge in [-0.3, -0.25) is 10.1 Å². The smallest absolute Gasteiger partial charge is 0.201 e. The van der Waals surface area contributed by atoms with Crippen molar-refractivity contribution in [3.63, 3.8) is 0 Å². The van der Waals surface area contributed by atoms with Gasteiger partial charge in [-0.15, -0.1) is 0 Å². The van der Waals surface area contributed by atoms with Crippen molar-refractivity contribution < 1.29 is 0 Å². The molecule has 0 unspecified atom stereocenters. The van der Waals surface area contributed by atoms with Gasteiger partial charge in [0.05, 0.1) is 24.5 Å². The van der Waals surface area contributed by atoms with E-state index in [-0.39, 0.29) is 0 Å². The summed E-state index contributed by atoms with van der Waals surface area (Å²) in [5.41, 5.74) is 4.23. The number of imidazole rings is 1. The van der Waals surface area contributed by atoms with Crippen molar-refractivity contribution in [3.05, 3.63) is 60.5 Å². The van der Waals surface area contributed by atoms with Gasteiger partial charge in [0.2, 0.25) is 5.82 Å². The fraction of sp³-hybridized carbons (Fsp3) is 0.167. The van der Waals surface area contributed by atoms with Crippen LogP contribution in [0.1, 0.15) is 17.2 Å². The first kappa shape index (κ1) is 16.2. The van der Waals surface area contributed by atoms with Crippen molar-refractivity contribution in [2.45, 2.75) is 20.4 Å². The Morgan fingerprint density at radius 1 is 1.04 bits per heavy atom. The van der Waals surface area contributed by atoms with Crippen molar-refractivity contribution in [1.82, 2.24) is 49.3 Å². The number of nitrogens with zero attached hydrogens (tertiary/aromatic N) is 9. The molecule has 0 aromatic carbocycles. The first-order valence-electron chi connectivity index (χ1n) is 8.70. The number of rotatable bonds is 4. The van der Waals surface area contributed by atoms with E-state index in [0.717, 1.165) is 28.4 Å². The number of H-pyrrole nitrogens is 1. The maximum Gasteiger partial charge on any atom is 0.201 e. The molecule has 0 spiro atoms. The van der Waals surface area contributed by atoms with Gasteiger partial charge in [-0.25, -0.2) is 24.5 Å². The lowest BCUT2D eigenvalue weighted by atomic mass is 10.3. The molecule has 5 heterocycles. The minimum atomic E-state index is 0.477. The minimum Gasteiger partial charge on any atom is -0.323 e. The molecule has 0 fully saturated rings. The van der Waals surface area contributed by atoms with E-state index in [0.29, 0.717) is 23.9 Å². The molecular formula is C18H16N10. The predicted molar refractivity (Wildman–Crippen MR) is 100 cm³/mol. The van der Waals surface area contributed by atoms with Crippen LogP contribution in [0.2, 0.25) is 0 Å². The quantitative estimate of drug-likeness (QED) is 0.512. The molecule has 0 aliphatic heterocycles. The lowest BCUT2D eigenvalue weighted by Crippen LogP contribution is -2.03. The predicted octanol–water partition coefficient (Wildman–Crippen LogP) is 1.83. The third kappa shape index (κ3) is 2.71. The molecule has 0 radical (unpaired) electrons. The van der Waals surface area contributed by atoms with Gasteiger partial charge in [-0.2, -0.15) is 10.2 Å². The van der Waals surface area contributed by atoms with Gasteiger partial charge in [0.1, 0.15) is 17.3 Å². The highest BCUT2D eigenvalue weighted by atomic mass is 15.3. The number of fused-ring (bicyclic) bond motifs is 1. The van der Waals surface area contributed by atoms with Crippen LogP contribution < -0.4 is 0 Å². The minimum absolute atomic E-state index is 0.477. The number of aromatic nitrogens is 10. The summed E-state index contributed by atoms with van der Waals surface area (Å²) in [6, 6.07) is 2.00. The maximum atomic E-state index is 4.64. The summed E-state index contributed by atoms with van der Waals surface area (Å²) in [7, 11) is 0. The van der Waals surface area contributed by atoms with Crippen LogP contribution in [0.4, 0.5) is 0 Å². The molecule has 0 amide bonds. The highest BCUT2D eigenvalue weighted by Crippen LogP contribution is 2.23. The Balaban J connectivity index is 1.50. The monoisotopic (exact) mass is 372 g/mol. The topological polar surface area (TPSA) is 115 Å². The molecule has 10 heteroatoms. The molecule has 0 atom stereocenters. The largest absolute Gasteiger partial charge is 0.323 e. The van der Waals surface area contributed by atoms with E-state index in [1.165, 1.54) is 0 Å². The average Bonchev–Trinajstić information content (AvgIpc) is 3.42. The summed E-state index contributed by atoms with van der Waals surface area (Å²) in [5, 5.41) is 11.6. The molecule has 5 rings (SSSR count). The van der Waals surface area contributed by atoms with E-state index in [2.05, 4.69) is 40.2 Å². The molecule has 0 aliphatic rings. The Kier molecular flexibility index (Phi) is 3.68. The highest BCUT2D eigenvalue weighted by Gasteiger charge is 2.16. The van der Waals surface area contributed by atoms with Gasteiger partial charge in [0.15, 0.2) is 5.65 Å².